The number of hydrogen-bond donors (Lipinski definition) is 0. The van der Waals surface area contributed by atoms with Gasteiger partial charge in [0.15, 0.2) is 11.5 Å². The minimum Gasteiger partial charge on any atom is -0.454 e. The van der Waals surface area contributed by atoms with Gasteiger partial charge in [0.1, 0.15) is 0 Å². The summed E-state index contributed by atoms with van der Waals surface area (Å²) in [5, 5.41) is 0. The number of alkyl halides is 2. The van der Waals surface area contributed by atoms with Crippen LogP contribution in [-0.2, 0) is 5.41 Å². The van der Waals surface area contributed by atoms with Gasteiger partial charge in [0.25, 0.3) is 6.43 Å². The van der Waals surface area contributed by atoms with Crippen LogP contribution in [0.25, 0.3) is 0 Å². The van der Waals surface area contributed by atoms with Crippen LogP contribution in [0.3, 0.4) is 0 Å². The van der Waals surface area contributed by atoms with Crippen LogP contribution in [0.5, 0.6) is 11.5 Å². The zero-order valence-corrected chi connectivity index (χ0v) is 9.51. The molecular formula is C12H14F2O2. The van der Waals surface area contributed by atoms with Crippen molar-refractivity contribution < 1.29 is 18.3 Å². The summed E-state index contributed by atoms with van der Waals surface area (Å²) >= 11 is 0. The molecule has 0 atom stereocenters. The molecule has 1 aliphatic heterocycles. The van der Waals surface area contributed by atoms with Crippen LogP contribution in [-0.4, -0.2) is 6.79 Å². The molecule has 0 spiro atoms. The smallest absolute Gasteiger partial charge is 0.267 e. The summed E-state index contributed by atoms with van der Waals surface area (Å²) in [4.78, 5) is 0. The van der Waals surface area contributed by atoms with Crippen molar-refractivity contribution in [2.75, 3.05) is 6.79 Å². The van der Waals surface area contributed by atoms with Crippen LogP contribution in [0.15, 0.2) is 12.1 Å². The number of hydrogen-bond acceptors (Lipinski definition) is 2. The van der Waals surface area contributed by atoms with Gasteiger partial charge in [-0.15, -0.1) is 0 Å². The molecule has 0 unspecified atom stereocenters. The van der Waals surface area contributed by atoms with Gasteiger partial charge in [-0.3, -0.25) is 0 Å². The van der Waals surface area contributed by atoms with Crippen LogP contribution in [0.1, 0.15) is 38.3 Å². The molecule has 0 bridgehead atoms. The van der Waals surface area contributed by atoms with Crippen molar-refractivity contribution in [3.8, 4) is 11.5 Å². The van der Waals surface area contributed by atoms with Crippen LogP contribution >= 0.6 is 0 Å². The van der Waals surface area contributed by atoms with Gasteiger partial charge in [-0.05, 0) is 23.1 Å². The molecule has 0 N–H and O–H groups in total. The third kappa shape index (κ3) is 1.84. The molecule has 0 aromatic heterocycles. The summed E-state index contributed by atoms with van der Waals surface area (Å²) in [7, 11) is 0. The summed E-state index contributed by atoms with van der Waals surface area (Å²) in [5.74, 6) is 0.603. The molecule has 1 aromatic rings. The largest absolute Gasteiger partial charge is 0.454 e. The second-order valence-corrected chi connectivity index (χ2v) is 4.85. The molecular weight excluding hydrogens is 214 g/mol. The molecule has 88 valence electrons. The molecule has 2 rings (SSSR count). The molecule has 0 saturated heterocycles. The molecule has 16 heavy (non-hydrogen) atoms. The number of rotatable bonds is 1. The van der Waals surface area contributed by atoms with Gasteiger partial charge in [0.2, 0.25) is 6.79 Å². The van der Waals surface area contributed by atoms with Crippen molar-refractivity contribution in [2.45, 2.75) is 32.6 Å². The first-order valence-electron chi connectivity index (χ1n) is 5.12. The normalized spacial score (nSPS) is 14.6. The summed E-state index contributed by atoms with van der Waals surface area (Å²) in [6.45, 7) is 5.93. The Morgan fingerprint density at radius 3 is 2.44 bits per heavy atom. The number of halogens is 2. The van der Waals surface area contributed by atoms with Crippen molar-refractivity contribution in [1.29, 1.82) is 0 Å². The van der Waals surface area contributed by atoms with E-state index in [1.807, 2.05) is 20.8 Å². The average Bonchev–Trinajstić information content (AvgIpc) is 2.61. The number of benzene rings is 1. The Morgan fingerprint density at radius 2 is 1.88 bits per heavy atom. The van der Waals surface area contributed by atoms with E-state index in [1.54, 1.807) is 6.07 Å². The van der Waals surface area contributed by atoms with E-state index in [4.69, 9.17) is 9.47 Å². The minimum absolute atomic E-state index is 0.0165. The molecule has 0 radical (unpaired) electrons. The van der Waals surface area contributed by atoms with Crippen molar-refractivity contribution in [3.63, 3.8) is 0 Å². The Labute approximate surface area is 93.2 Å². The molecule has 2 nitrogen and oxygen atoms in total. The van der Waals surface area contributed by atoms with E-state index in [1.165, 1.54) is 6.07 Å². The molecule has 0 saturated carbocycles. The molecule has 4 heteroatoms. The monoisotopic (exact) mass is 228 g/mol. The van der Waals surface area contributed by atoms with Gasteiger partial charge in [0.05, 0.1) is 5.56 Å². The topological polar surface area (TPSA) is 18.5 Å². The lowest BCUT2D eigenvalue weighted by atomic mass is 9.86. The maximum atomic E-state index is 12.9. The van der Waals surface area contributed by atoms with Crippen LogP contribution in [0.2, 0.25) is 0 Å². The van der Waals surface area contributed by atoms with E-state index < -0.39 is 6.43 Å². The SMILES string of the molecule is CC(C)(C)c1cc2c(c(C(F)F)c1)OCO2. The van der Waals surface area contributed by atoms with E-state index in [0.29, 0.717) is 5.75 Å². The maximum Gasteiger partial charge on any atom is 0.267 e. The maximum absolute atomic E-state index is 12.9. The Bertz CT molecular complexity index is 408. The predicted molar refractivity (Wildman–Crippen MR) is 56.2 cm³/mol. The third-order valence-corrected chi connectivity index (χ3v) is 2.60. The second kappa shape index (κ2) is 3.61. The molecule has 1 heterocycles. The lowest BCUT2D eigenvalue weighted by Crippen LogP contribution is -2.11. The van der Waals surface area contributed by atoms with E-state index in [9.17, 15) is 8.78 Å². The molecule has 0 aliphatic carbocycles. The van der Waals surface area contributed by atoms with E-state index in [-0.39, 0.29) is 23.5 Å². The predicted octanol–water partition coefficient (Wildman–Crippen LogP) is 3.65. The quantitative estimate of drug-likeness (QED) is 0.730. The van der Waals surface area contributed by atoms with Gasteiger partial charge in [-0.25, -0.2) is 8.78 Å². The third-order valence-electron chi connectivity index (χ3n) is 2.60. The van der Waals surface area contributed by atoms with Gasteiger partial charge in [-0.1, -0.05) is 20.8 Å². The standard InChI is InChI=1S/C12H14F2O2/c1-12(2,3)7-4-8(11(13)14)10-9(5-7)15-6-16-10/h4-5,11H,6H2,1-3H3. The lowest BCUT2D eigenvalue weighted by molar-refractivity contribution is 0.139. The molecule has 1 aliphatic rings. The first-order valence-corrected chi connectivity index (χ1v) is 5.12. The fourth-order valence-corrected chi connectivity index (χ4v) is 1.63. The van der Waals surface area contributed by atoms with Crippen molar-refractivity contribution in [2.24, 2.45) is 0 Å². The van der Waals surface area contributed by atoms with Gasteiger partial charge >= 0.3 is 0 Å². The Hall–Kier alpha value is -1.32. The van der Waals surface area contributed by atoms with Crippen LogP contribution < -0.4 is 9.47 Å². The average molecular weight is 228 g/mol. The minimum atomic E-state index is -2.54. The highest BCUT2D eigenvalue weighted by atomic mass is 19.3. The van der Waals surface area contributed by atoms with Crippen molar-refractivity contribution in [1.82, 2.24) is 0 Å². The molecule has 0 fully saturated rings. The lowest BCUT2D eigenvalue weighted by Gasteiger charge is -2.20. The highest BCUT2D eigenvalue weighted by Crippen LogP contribution is 2.43. The first kappa shape index (κ1) is 11.2. The first-order chi connectivity index (χ1) is 7.39. The Kier molecular flexibility index (Phi) is 2.52. The van der Waals surface area contributed by atoms with E-state index in [2.05, 4.69) is 0 Å². The molecule has 1 aromatic carbocycles. The van der Waals surface area contributed by atoms with Crippen molar-refractivity contribution >= 4 is 0 Å². The number of fused-ring (bicyclic) bond motifs is 1. The highest BCUT2D eigenvalue weighted by Gasteiger charge is 2.27. The fraction of sp³-hybridized carbons (Fsp3) is 0.500. The fourth-order valence-electron chi connectivity index (χ4n) is 1.63. The zero-order valence-electron chi connectivity index (χ0n) is 9.51. The summed E-state index contributed by atoms with van der Waals surface area (Å²) < 4.78 is 35.9. The summed E-state index contributed by atoms with van der Waals surface area (Å²) in [5.41, 5.74) is 0.553. The number of ether oxygens (including phenoxy) is 2. The van der Waals surface area contributed by atoms with Gasteiger partial charge in [0, 0.05) is 0 Å². The van der Waals surface area contributed by atoms with Gasteiger partial charge < -0.3 is 9.47 Å². The van der Waals surface area contributed by atoms with E-state index >= 15 is 0 Å². The second-order valence-electron chi connectivity index (χ2n) is 4.85. The van der Waals surface area contributed by atoms with Crippen molar-refractivity contribution in [3.05, 3.63) is 23.3 Å². The zero-order chi connectivity index (χ0) is 11.9. The van der Waals surface area contributed by atoms with Gasteiger partial charge in [-0.2, -0.15) is 0 Å². The van der Waals surface area contributed by atoms with E-state index in [0.717, 1.165) is 5.56 Å². The van der Waals surface area contributed by atoms with Crippen LogP contribution in [0.4, 0.5) is 8.78 Å². The van der Waals surface area contributed by atoms with Crippen LogP contribution in [0, 0.1) is 0 Å². The highest BCUT2D eigenvalue weighted by molar-refractivity contribution is 5.52. The molecule has 0 amide bonds. The summed E-state index contributed by atoms with van der Waals surface area (Å²) in [6.07, 6.45) is -2.54. The Morgan fingerprint density at radius 1 is 1.19 bits per heavy atom. The Balaban J connectivity index is 2.56. The summed E-state index contributed by atoms with van der Waals surface area (Å²) in [6, 6.07) is 3.27.